The van der Waals surface area contributed by atoms with Crippen LogP contribution in [0.25, 0.3) is 0 Å². The van der Waals surface area contributed by atoms with Crippen molar-refractivity contribution in [2.75, 3.05) is 19.8 Å². The SMILES string of the molecule is OCC(CO)(CO)c1ccncc1. The monoisotopic (exact) mass is 183 g/mol. The molecule has 0 aliphatic carbocycles. The van der Waals surface area contributed by atoms with E-state index in [4.69, 9.17) is 15.3 Å². The first-order valence-electron chi connectivity index (χ1n) is 4.02. The van der Waals surface area contributed by atoms with E-state index >= 15 is 0 Å². The molecular weight excluding hydrogens is 170 g/mol. The summed E-state index contributed by atoms with van der Waals surface area (Å²) in [6.45, 7) is -0.863. The van der Waals surface area contributed by atoms with Crippen molar-refractivity contribution in [1.82, 2.24) is 4.98 Å². The van der Waals surface area contributed by atoms with E-state index in [2.05, 4.69) is 4.98 Å². The lowest BCUT2D eigenvalue weighted by molar-refractivity contribution is 0.0640. The molecule has 0 spiro atoms. The number of hydrogen-bond donors (Lipinski definition) is 3. The standard InChI is InChI=1S/C9H13NO3/c11-5-9(6-12,7-13)8-1-3-10-4-2-8/h1-4,11-13H,5-7H2. The molecule has 3 N–H and O–H groups in total. The molecule has 0 radical (unpaired) electrons. The average Bonchev–Trinajstić information content (AvgIpc) is 2.23. The van der Waals surface area contributed by atoms with Crippen molar-refractivity contribution < 1.29 is 15.3 Å². The van der Waals surface area contributed by atoms with Gasteiger partial charge in [-0.15, -0.1) is 0 Å². The van der Waals surface area contributed by atoms with E-state index in [1.807, 2.05) is 0 Å². The average molecular weight is 183 g/mol. The van der Waals surface area contributed by atoms with Crippen LogP contribution in [0.15, 0.2) is 24.5 Å². The second-order valence-electron chi connectivity index (χ2n) is 2.99. The summed E-state index contributed by atoms with van der Waals surface area (Å²) in [5, 5.41) is 27.3. The Bertz CT molecular complexity index is 238. The summed E-state index contributed by atoms with van der Waals surface area (Å²) in [5.74, 6) is 0. The lowest BCUT2D eigenvalue weighted by Crippen LogP contribution is -2.38. The molecule has 4 nitrogen and oxygen atoms in total. The van der Waals surface area contributed by atoms with Gasteiger partial charge in [-0.25, -0.2) is 0 Å². The number of hydrogen-bond acceptors (Lipinski definition) is 4. The highest BCUT2D eigenvalue weighted by molar-refractivity contribution is 5.23. The summed E-state index contributed by atoms with van der Waals surface area (Å²) in [6, 6.07) is 3.34. The van der Waals surface area contributed by atoms with Crippen LogP contribution >= 0.6 is 0 Å². The molecule has 72 valence electrons. The third-order valence-electron chi connectivity index (χ3n) is 2.20. The maximum atomic E-state index is 9.09. The van der Waals surface area contributed by atoms with E-state index in [1.54, 1.807) is 24.5 Å². The molecule has 1 aromatic rings. The van der Waals surface area contributed by atoms with Crippen LogP contribution in [0.2, 0.25) is 0 Å². The van der Waals surface area contributed by atoms with Gasteiger partial charge in [-0.1, -0.05) is 0 Å². The Labute approximate surface area is 76.5 Å². The highest BCUT2D eigenvalue weighted by atomic mass is 16.3. The summed E-state index contributed by atoms with van der Waals surface area (Å²) in [4.78, 5) is 3.82. The zero-order valence-corrected chi connectivity index (χ0v) is 7.22. The summed E-state index contributed by atoms with van der Waals surface area (Å²) >= 11 is 0. The van der Waals surface area contributed by atoms with Crippen molar-refractivity contribution in [2.45, 2.75) is 5.41 Å². The van der Waals surface area contributed by atoms with Crippen LogP contribution in [-0.4, -0.2) is 40.1 Å². The van der Waals surface area contributed by atoms with Gasteiger partial charge < -0.3 is 15.3 Å². The molecule has 13 heavy (non-hydrogen) atoms. The van der Waals surface area contributed by atoms with Crippen LogP contribution in [0, 0.1) is 0 Å². The third-order valence-corrected chi connectivity index (χ3v) is 2.20. The lowest BCUT2D eigenvalue weighted by Gasteiger charge is -2.27. The van der Waals surface area contributed by atoms with Crippen molar-refractivity contribution in [1.29, 1.82) is 0 Å². The fourth-order valence-corrected chi connectivity index (χ4v) is 1.13. The van der Waals surface area contributed by atoms with Gasteiger partial charge in [-0.3, -0.25) is 4.98 Å². The maximum Gasteiger partial charge on any atom is 0.0646 e. The van der Waals surface area contributed by atoms with Crippen molar-refractivity contribution in [3.8, 4) is 0 Å². The van der Waals surface area contributed by atoms with Gasteiger partial charge >= 0.3 is 0 Å². The molecule has 0 saturated carbocycles. The summed E-state index contributed by atoms with van der Waals surface area (Å²) in [6.07, 6.45) is 3.12. The van der Waals surface area contributed by atoms with Crippen LogP contribution in [0.3, 0.4) is 0 Å². The maximum absolute atomic E-state index is 9.09. The Hall–Kier alpha value is -0.970. The Morgan fingerprint density at radius 3 is 1.85 bits per heavy atom. The number of nitrogens with zero attached hydrogens (tertiary/aromatic N) is 1. The fraction of sp³-hybridized carbons (Fsp3) is 0.444. The minimum Gasteiger partial charge on any atom is -0.395 e. The van der Waals surface area contributed by atoms with E-state index in [1.165, 1.54) is 0 Å². The number of aliphatic hydroxyl groups is 3. The quantitative estimate of drug-likeness (QED) is 0.577. The molecule has 0 amide bonds. The molecule has 0 fully saturated rings. The Morgan fingerprint density at radius 2 is 1.46 bits per heavy atom. The first-order valence-corrected chi connectivity index (χ1v) is 4.02. The largest absolute Gasteiger partial charge is 0.395 e. The minimum absolute atomic E-state index is 0.288. The van der Waals surface area contributed by atoms with Gasteiger partial charge in [-0.2, -0.15) is 0 Å². The highest BCUT2D eigenvalue weighted by Crippen LogP contribution is 2.21. The van der Waals surface area contributed by atoms with E-state index in [0.29, 0.717) is 5.56 Å². The summed E-state index contributed by atoms with van der Waals surface area (Å²) in [5.41, 5.74) is -0.266. The normalized spacial score (nSPS) is 11.6. The van der Waals surface area contributed by atoms with Crippen LogP contribution in [0.1, 0.15) is 5.56 Å². The van der Waals surface area contributed by atoms with E-state index < -0.39 is 5.41 Å². The van der Waals surface area contributed by atoms with Crippen LogP contribution < -0.4 is 0 Å². The molecule has 0 atom stereocenters. The zero-order valence-electron chi connectivity index (χ0n) is 7.22. The highest BCUT2D eigenvalue weighted by Gasteiger charge is 2.29. The first-order chi connectivity index (χ1) is 6.29. The van der Waals surface area contributed by atoms with Gasteiger partial charge in [-0.05, 0) is 17.7 Å². The number of aromatic nitrogens is 1. The second-order valence-corrected chi connectivity index (χ2v) is 2.99. The molecule has 1 rings (SSSR count). The molecule has 0 saturated heterocycles. The topological polar surface area (TPSA) is 73.6 Å². The van der Waals surface area contributed by atoms with E-state index in [0.717, 1.165) is 0 Å². The first kappa shape index (κ1) is 10.1. The Balaban J connectivity index is 3.01. The molecule has 0 aliphatic rings. The van der Waals surface area contributed by atoms with Crippen molar-refractivity contribution >= 4 is 0 Å². The van der Waals surface area contributed by atoms with E-state index in [-0.39, 0.29) is 19.8 Å². The fourth-order valence-electron chi connectivity index (χ4n) is 1.13. The number of pyridine rings is 1. The molecule has 1 heterocycles. The van der Waals surface area contributed by atoms with Gasteiger partial charge in [0.1, 0.15) is 0 Å². The van der Waals surface area contributed by atoms with Gasteiger partial charge in [0.05, 0.1) is 25.2 Å². The predicted octanol–water partition coefficient (Wildman–Crippen LogP) is -0.704. The molecule has 0 aliphatic heterocycles. The van der Waals surface area contributed by atoms with Crippen LogP contribution in [0.4, 0.5) is 0 Å². The van der Waals surface area contributed by atoms with Gasteiger partial charge in [0.25, 0.3) is 0 Å². The summed E-state index contributed by atoms with van der Waals surface area (Å²) < 4.78 is 0. The Kier molecular flexibility index (Phi) is 3.36. The summed E-state index contributed by atoms with van der Waals surface area (Å²) in [7, 11) is 0. The predicted molar refractivity (Wildman–Crippen MR) is 47.2 cm³/mol. The van der Waals surface area contributed by atoms with Gasteiger partial charge in [0.2, 0.25) is 0 Å². The second kappa shape index (κ2) is 4.32. The van der Waals surface area contributed by atoms with Crippen molar-refractivity contribution in [3.63, 3.8) is 0 Å². The Morgan fingerprint density at radius 1 is 1.00 bits per heavy atom. The zero-order chi connectivity index (χ0) is 9.73. The molecule has 1 aromatic heterocycles. The third kappa shape index (κ3) is 1.85. The smallest absolute Gasteiger partial charge is 0.0646 e. The van der Waals surface area contributed by atoms with Crippen molar-refractivity contribution in [3.05, 3.63) is 30.1 Å². The lowest BCUT2D eigenvalue weighted by atomic mass is 9.83. The number of rotatable bonds is 4. The molecule has 0 unspecified atom stereocenters. The van der Waals surface area contributed by atoms with Gasteiger partial charge in [0.15, 0.2) is 0 Å². The molecule has 4 heteroatoms. The minimum atomic E-state index is -0.955. The van der Waals surface area contributed by atoms with E-state index in [9.17, 15) is 0 Å². The molecule has 0 bridgehead atoms. The molecule has 0 aromatic carbocycles. The van der Waals surface area contributed by atoms with Gasteiger partial charge in [0, 0.05) is 12.4 Å². The van der Waals surface area contributed by atoms with Crippen molar-refractivity contribution in [2.24, 2.45) is 0 Å². The number of aliphatic hydroxyl groups excluding tert-OH is 3. The van der Waals surface area contributed by atoms with Crippen LogP contribution in [-0.2, 0) is 5.41 Å². The van der Waals surface area contributed by atoms with Crippen LogP contribution in [0.5, 0.6) is 0 Å². The molecular formula is C9H13NO3.